The summed E-state index contributed by atoms with van der Waals surface area (Å²) >= 11 is 0. The number of ether oxygens (including phenoxy) is 1. The van der Waals surface area contributed by atoms with Gasteiger partial charge in [-0.2, -0.15) is 0 Å². The summed E-state index contributed by atoms with van der Waals surface area (Å²) < 4.78 is 5.68. The molecule has 3 N–H and O–H groups in total. The van der Waals surface area contributed by atoms with Crippen molar-refractivity contribution in [2.45, 2.75) is 38.8 Å². The molecule has 0 saturated heterocycles. The molecule has 5 nitrogen and oxygen atoms in total. The van der Waals surface area contributed by atoms with E-state index in [-0.39, 0.29) is 30.2 Å². The zero-order valence-electron chi connectivity index (χ0n) is 16.4. The summed E-state index contributed by atoms with van der Waals surface area (Å²) in [6, 6.07) is 16.0. The van der Waals surface area contributed by atoms with Gasteiger partial charge in [0.05, 0.1) is 6.10 Å². The van der Waals surface area contributed by atoms with Gasteiger partial charge in [0.2, 0.25) is 5.91 Å². The topological polar surface area (TPSA) is 81.4 Å². The molecule has 1 saturated carbocycles. The molecule has 1 aliphatic carbocycles. The van der Waals surface area contributed by atoms with Crippen LogP contribution in [0.1, 0.15) is 43.1 Å². The molecule has 2 unspecified atom stereocenters. The van der Waals surface area contributed by atoms with Crippen molar-refractivity contribution in [1.29, 1.82) is 0 Å². The molecule has 0 radical (unpaired) electrons. The Morgan fingerprint density at radius 2 is 1.75 bits per heavy atom. The predicted molar refractivity (Wildman–Crippen MR) is 113 cm³/mol. The molecule has 1 amide bonds. The fourth-order valence-electron chi connectivity index (χ4n) is 3.56. The number of rotatable bonds is 6. The van der Waals surface area contributed by atoms with Crippen LogP contribution in [0.3, 0.4) is 0 Å². The van der Waals surface area contributed by atoms with Crippen LogP contribution in [0, 0.1) is 5.41 Å². The average molecular weight is 403 g/mol. The van der Waals surface area contributed by atoms with Gasteiger partial charge < -0.3 is 15.8 Å². The zero-order valence-corrected chi connectivity index (χ0v) is 17.2. The lowest BCUT2D eigenvalue weighted by atomic mass is 9.54. The summed E-state index contributed by atoms with van der Waals surface area (Å²) in [7, 11) is 0. The predicted octanol–water partition coefficient (Wildman–Crippen LogP) is 3.81. The second kappa shape index (κ2) is 8.43. The van der Waals surface area contributed by atoms with Crippen LogP contribution < -0.4 is 11.1 Å². The Kier molecular flexibility index (Phi) is 6.65. The first-order valence-corrected chi connectivity index (χ1v) is 9.21. The number of hydrogen-bond donors (Lipinski definition) is 2. The van der Waals surface area contributed by atoms with Gasteiger partial charge in [-0.05, 0) is 19.1 Å². The Hall–Kier alpha value is -2.21. The minimum atomic E-state index is -1.01. The van der Waals surface area contributed by atoms with E-state index < -0.39 is 11.0 Å². The zero-order chi connectivity index (χ0) is 19.7. The van der Waals surface area contributed by atoms with Crippen LogP contribution in [0.4, 0.5) is 5.69 Å². The number of carbonyl (C=O) groups excluding carboxylic acids is 2. The Morgan fingerprint density at radius 1 is 1.11 bits per heavy atom. The number of hydrogen-bond acceptors (Lipinski definition) is 4. The number of halogens is 1. The molecule has 0 aliphatic heterocycles. The molecular weight excluding hydrogens is 376 g/mol. The van der Waals surface area contributed by atoms with Gasteiger partial charge in [0.25, 0.3) is 0 Å². The fourth-order valence-corrected chi connectivity index (χ4v) is 3.56. The van der Waals surface area contributed by atoms with Crippen molar-refractivity contribution in [3.05, 3.63) is 65.7 Å². The highest BCUT2D eigenvalue weighted by atomic mass is 35.5. The summed E-state index contributed by atoms with van der Waals surface area (Å²) in [5.74, 6) is -0.345. The molecule has 150 valence electrons. The maximum Gasteiger partial charge on any atom is 0.245 e. The van der Waals surface area contributed by atoms with Crippen LogP contribution in [-0.2, 0) is 9.53 Å². The van der Waals surface area contributed by atoms with Crippen LogP contribution in [0.5, 0.6) is 0 Å². The van der Waals surface area contributed by atoms with Crippen molar-refractivity contribution in [3.8, 4) is 0 Å². The number of ketones is 1. The second-order valence-electron chi connectivity index (χ2n) is 7.57. The van der Waals surface area contributed by atoms with Crippen molar-refractivity contribution in [2.75, 3.05) is 11.9 Å². The molecular formula is C22H27ClN2O3. The lowest BCUT2D eigenvalue weighted by Crippen LogP contribution is -2.74. The Bertz CT molecular complexity index is 854. The Labute approximate surface area is 172 Å². The van der Waals surface area contributed by atoms with Gasteiger partial charge >= 0.3 is 0 Å². The number of amides is 1. The molecule has 0 spiro atoms. The molecule has 0 bridgehead atoms. The van der Waals surface area contributed by atoms with Crippen LogP contribution in [0.25, 0.3) is 0 Å². The number of nitrogens with two attached hydrogens (primary N) is 1. The van der Waals surface area contributed by atoms with Crippen molar-refractivity contribution < 1.29 is 14.3 Å². The van der Waals surface area contributed by atoms with Gasteiger partial charge in [0.15, 0.2) is 5.78 Å². The molecule has 1 fully saturated rings. The molecule has 6 heteroatoms. The first-order valence-electron chi connectivity index (χ1n) is 9.21. The van der Waals surface area contributed by atoms with Crippen molar-refractivity contribution >= 4 is 29.8 Å². The van der Waals surface area contributed by atoms with Crippen LogP contribution in [0.2, 0.25) is 0 Å². The molecule has 2 aromatic carbocycles. The number of carbonyl (C=O) groups is 2. The van der Waals surface area contributed by atoms with E-state index in [0.717, 1.165) is 0 Å². The van der Waals surface area contributed by atoms with E-state index in [0.29, 0.717) is 29.8 Å². The minimum Gasteiger partial charge on any atom is -0.378 e. The Balaban J connectivity index is 0.00000280. The monoisotopic (exact) mass is 402 g/mol. The highest BCUT2D eigenvalue weighted by Gasteiger charge is 2.62. The lowest BCUT2D eigenvalue weighted by Gasteiger charge is -2.57. The number of nitrogens with one attached hydrogen (secondary N) is 1. The summed E-state index contributed by atoms with van der Waals surface area (Å²) in [6.07, 6.45) is 0.437. The van der Waals surface area contributed by atoms with E-state index in [1.807, 2.05) is 39.0 Å². The van der Waals surface area contributed by atoms with E-state index in [1.165, 1.54) is 0 Å². The van der Waals surface area contributed by atoms with Gasteiger partial charge in [0.1, 0.15) is 5.54 Å². The lowest BCUT2D eigenvalue weighted by molar-refractivity contribution is -0.166. The third-order valence-corrected chi connectivity index (χ3v) is 5.65. The van der Waals surface area contributed by atoms with Crippen molar-refractivity contribution in [1.82, 2.24) is 0 Å². The van der Waals surface area contributed by atoms with Gasteiger partial charge in [-0.25, -0.2) is 0 Å². The average Bonchev–Trinajstić information content (AvgIpc) is 2.68. The fraction of sp³-hybridized carbons (Fsp3) is 0.364. The molecule has 1 aliphatic rings. The maximum absolute atomic E-state index is 12.9. The first kappa shape index (κ1) is 22.1. The molecule has 0 aromatic heterocycles. The highest BCUT2D eigenvalue weighted by molar-refractivity contribution is 6.10. The summed E-state index contributed by atoms with van der Waals surface area (Å²) in [5, 5.41) is 2.88. The summed E-state index contributed by atoms with van der Waals surface area (Å²) in [4.78, 5) is 25.5. The quantitative estimate of drug-likeness (QED) is 0.720. The van der Waals surface area contributed by atoms with E-state index in [9.17, 15) is 9.59 Å². The van der Waals surface area contributed by atoms with Crippen LogP contribution >= 0.6 is 12.4 Å². The maximum atomic E-state index is 12.9. The molecule has 3 rings (SSSR count). The van der Waals surface area contributed by atoms with Gasteiger partial charge in [-0.3, -0.25) is 9.59 Å². The Morgan fingerprint density at radius 3 is 2.36 bits per heavy atom. The molecule has 0 heterocycles. The first-order chi connectivity index (χ1) is 12.8. The summed E-state index contributed by atoms with van der Waals surface area (Å²) in [5.41, 5.74) is 6.63. The third-order valence-electron chi connectivity index (χ3n) is 5.65. The third kappa shape index (κ3) is 3.83. The molecule has 2 atom stereocenters. The molecule has 2 aromatic rings. The van der Waals surface area contributed by atoms with Crippen molar-refractivity contribution in [3.63, 3.8) is 0 Å². The van der Waals surface area contributed by atoms with E-state index in [4.69, 9.17) is 10.5 Å². The second-order valence-corrected chi connectivity index (χ2v) is 7.57. The molecule has 28 heavy (non-hydrogen) atoms. The van der Waals surface area contributed by atoms with E-state index in [1.54, 1.807) is 36.4 Å². The van der Waals surface area contributed by atoms with Crippen LogP contribution in [-0.4, -0.2) is 29.9 Å². The standard InChI is InChI=1S/C22H26N2O3.ClH/c1-4-27-18-14-22(23,21(18,2)3)20(26)24-17-12-8-11-16(13-17)19(25)15-9-6-5-7-10-15;/h5-13,18H,4,14,23H2,1-3H3,(H,24,26);1H. The van der Waals surface area contributed by atoms with Gasteiger partial charge in [-0.15, -0.1) is 12.4 Å². The smallest absolute Gasteiger partial charge is 0.245 e. The summed E-state index contributed by atoms with van der Waals surface area (Å²) in [6.45, 7) is 6.43. The number of benzene rings is 2. The number of anilines is 1. The van der Waals surface area contributed by atoms with E-state index in [2.05, 4.69) is 5.32 Å². The minimum absolute atomic E-state index is 0. The highest BCUT2D eigenvalue weighted by Crippen LogP contribution is 2.50. The normalized spacial score (nSPS) is 22.5. The largest absolute Gasteiger partial charge is 0.378 e. The van der Waals surface area contributed by atoms with E-state index >= 15 is 0 Å². The van der Waals surface area contributed by atoms with Crippen molar-refractivity contribution in [2.24, 2.45) is 11.1 Å². The SMILES string of the molecule is CCOC1CC(N)(C(=O)Nc2cccc(C(=O)c3ccccc3)c2)C1(C)C.Cl. The van der Waals surface area contributed by atoms with Crippen LogP contribution in [0.15, 0.2) is 54.6 Å². The van der Waals surface area contributed by atoms with Gasteiger partial charge in [0, 0.05) is 35.3 Å². The van der Waals surface area contributed by atoms with Gasteiger partial charge in [-0.1, -0.05) is 56.3 Å².